The summed E-state index contributed by atoms with van der Waals surface area (Å²) in [6, 6.07) is 5.54. The first kappa shape index (κ1) is 20.4. The molecule has 1 N–H and O–H groups in total. The van der Waals surface area contributed by atoms with Crippen molar-refractivity contribution in [2.45, 2.75) is 32.0 Å². The Morgan fingerprint density at radius 1 is 1.43 bits per heavy atom. The molecule has 0 aliphatic carbocycles. The van der Waals surface area contributed by atoms with Gasteiger partial charge in [0.1, 0.15) is 18.4 Å². The lowest BCUT2D eigenvalue weighted by molar-refractivity contribution is -0.389. The average molecular weight is 429 g/mol. The van der Waals surface area contributed by atoms with Crippen LogP contribution in [0.1, 0.15) is 18.1 Å². The zero-order chi connectivity index (χ0) is 20.5. The standard InChI is InChI=1S/C17H18Cl2N4O5/c1-17(25,9-22-8-14(23(26)27)20-15(22)19)10-28-16(24)21-5-4-11-6-13(18)3-2-12(11)7-21/h2-3,6,8,25H,4-5,7,9-10H2,1H3/t17-/m1/s1. The van der Waals surface area contributed by atoms with E-state index in [9.17, 15) is 20.0 Å². The maximum atomic E-state index is 12.4. The van der Waals surface area contributed by atoms with Crippen LogP contribution in [-0.2, 0) is 24.2 Å². The Bertz CT molecular complexity index is 915. The van der Waals surface area contributed by atoms with Gasteiger partial charge in [0, 0.05) is 18.1 Å². The molecule has 3 rings (SSSR count). The third-order valence-corrected chi connectivity index (χ3v) is 4.90. The van der Waals surface area contributed by atoms with Crippen LogP contribution in [0.4, 0.5) is 10.6 Å². The van der Waals surface area contributed by atoms with E-state index in [1.165, 1.54) is 11.5 Å². The van der Waals surface area contributed by atoms with Crippen molar-refractivity contribution in [2.75, 3.05) is 13.2 Å². The molecular formula is C17H18Cl2N4O5. The SMILES string of the molecule is C[C@](O)(COC(=O)N1CCc2cc(Cl)ccc2C1)Cn1cc([N+](=O)[O-])nc1Cl. The number of amides is 1. The third-order valence-electron chi connectivity index (χ3n) is 4.36. The van der Waals surface area contributed by atoms with E-state index in [4.69, 9.17) is 27.9 Å². The number of halogens is 2. The van der Waals surface area contributed by atoms with Gasteiger partial charge in [0.25, 0.3) is 0 Å². The van der Waals surface area contributed by atoms with Gasteiger partial charge in [-0.3, -0.25) is 4.57 Å². The first-order valence-electron chi connectivity index (χ1n) is 8.43. The Morgan fingerprint density at radius 2 is 2.18 bits per heavy atom. The molecular weight excluding hydrogens is 411 g/mol. The minimum atomic E-state index is -1.49. The van der Waals surface area contributed by atoms with E-state index in [0.717, 1.165) is 17.3 Å². The van der Waals surface area contributed by atoms with Gasteiger partial charge in [-0.15, -0.1) is 0 Å². The topological polar surface area (TPSA) is 111 Å². The molecule has 1 atom stereocenters. The molecule has 0 saturated carbocycles. The Morgan fingerprint density at radius 3 is 2.86 bits per heavy atom. The molecule has 9 nitrogen and oxygen atoms in total. The maximum Gasteiger partial charge on any atom is 0.410 e. The van der Waals surface area contributed by atoms with Crippen molar-refractivity contribution in [1.29, 1.82) is 0 Å². The smallest absolute Gasteiger partial charge is 0.410 e. The van der Waals surface area contributed by atoms with Gasteiger partial charge in [-0.2, -0.15) is 0 Å². The molecule has 1 aliphatic heterocycles. The van der Waals surface area contributed by atoms with Crippen molar-refractivity contribution in [3.8, 4) is 0 Å². The highest BCUT2D eigenvalue weighted by Gasteiger charge is 2.29. The van der Waals surface area contributed by atoms with Crippen LogP contribution in [-0.4, -0.2) is 49.3 Å². The number of fused-ring (bicyclic) bond motifs is 1. The number of nitro groups is 1. The van der Waals surface area contributed by atoms with E-state index in [0.29, 0.717) is 24.5 Å². The number of hydrogen-bond donors (Lipinski definition) is 1. The lowest BCUT2D eigenvalue weighted by atomic mass is 10.0. The number of carbonyl (C=O) groups is 1. The third kappa shape index (κ3) is 4.73. The summed E-state index contributed by atoms with van der Waals surface area (Å²) in [5.41, 5.74) is 0.603. The molecule has 0 unspecified atom stereocenters. The number of ether oxygens (including phenoxy) is 1. The molecule has 1 aromatic heterocycles. The summed E-state index contributed by atoms with van der Waals surface area (Å²) in [5.74, 6) is -0.426. The lowest BCUT2D eigenvalue weighted by Crippen LogP contribution is -2.41. The first-order valence-corrected chi connectivity index (χ1v) is 9.19. The van der Waals surface area contributed by atoms with Crippen molar-refractivity contribution < 1.29 is 19.6 Å². The number of aliphatic hydroxyl groups is 1. The fourth-order valence-corrected chi connectivity index (χ4v) is 3.37. The highest BCUT2D eigenvalue weighted by molar-refractivity contribution is 6.30. The molecule has 11 heteroatoms. The normalized spacial score (nSPS) is 15.6. The van der Waals surface area contributed by atoms with Gasteiger partial charge < -0.3 is 24.9 Å². The molecule has 150 valence electrons. The fraction of sp³-hybridized carbons (Fsp3) is 0.412. The molecule has 0 bridgehead atoms. The minimum absolute atomic E-state index is 0.124. The second-order valence-electron chi connectivity index (χ2n) is 6.89. The number of rotatable bonds is 5. The highest BCUT2D eigenvalue weighted by atomic mass is 35.5. The highest BCUT2D eigenvalue weighted by Crippen LogP contribution is 2.24. The van der Waals surface area contributed by atoms with Crippen LogP contribution in [0, 0.1) is 10.1 Å². The zero-order valence-corrected chi connectivity index (χ0v) is 16.5. The van der Waals surface area contributed by atoms with Crippen LogP contribution < -0.4 is 0 Å². The van der Waals surface area contributed by atoms with E-state index >= 15 is 0 Å². The van der Waals surface area contributed by atoms with Crippen LogP contribution in [0.3, 0.4) is 0 Å². The Balaban J connectivity index is 1.57. The summed E-state index contributed by atoms with van der Waals surface area (Å²) in [5, 5.41) is 21.8. The van der Waals surface area contributed by atoms with Crippen LogP contribution in [0.2, 0.25) is 10.3 Å². The van der Waals surface area contributed by atoms with Crippen molar-refractivity contribution in [3.63, 3.8) is 0 Å². The average Bonchev–Trinajstić information content (AvgIpc) is 2.99. The van der Waals surface area contributed by atoms with E-state index in [2.05, 4.69) is 4.98 Å². The predicted octanol–water partition coefficient (Wildman–Crippen LogP) is 3.04. The minimum Gasteiger partial charge on any atom is -0.446 e. The maximum absolute atomic E-state index is 12.4. The Hall–Kier alpha value is -2.36. The number of carbonyl (C=O) groups excluding carboxylic acids is 1. The van der Waals surface area contributed by atoms with Crippen LogP contribution in [0.5, 0.6) is 0 Å². The summed E-state index contributed by atoms with van der Waals surface area (Å²) in [6.07, 6.45) is 1.23. The molecule has 1 amide bonds. The summed E-state index contributed by atoms with van der Waals surface area (Å²) in [6.45, 7) is 1.89. The number of nitrogens with zero attached hydrogens (tertiary/aromatic N) is 4. The van der Waals surface area contributed by atoms with Gasteiger partial charge >= 0.3 is 17.2 Å². The summed E-state index contributed by atoms with van der Waals surface area (Å²) in [7, 11) is 0. The summed E-state index contributed by atoms with van der Waals surface area (Å²) in [4.78, 5) is 27.6. The zero-order valence-electron chi connectivity index (χ0n) is 15.0. The quantitative estimate of drug-likeness (QED) is 0.578. The monoisotopic (exact) mass is 428 g/mol. The van der Waals surface area contributed by atoms with E-state index in [1.807, 2.05) is 12.1 Å². The number of hydrogen-bond acceptors (Lipinski definition) is 6. The molecule has 0 saturated heterocycles. The second kappa shape index (κ2) is 7.94. The van der Waals surface area contributed by atoms with Crippen LogP contribution in [0.25, 0.3) is 0 Å². The summed E-state index contributed by atoms with van der Waals surface area (Å²) < 4.78 is 6.48. The summed E-state index contributed by atoms with van der Waals surface area (Å²) >= 11 is 11.8. The van der Waals surface area contributed by atoms with E-state index in [1.54, 1.807) is 11.0 Å². The lowest BCUT2D eigenvalue weighted by Gasteiger charge is -2.30. The van der Waals surface area contributed by atoms with Crippen molar-refractivity contribution in [3.05, 3.63) is 55.9 Å². The van der Waals surface area contributed by atoms with Gasteiger partial charge in [-0.1, -0.05) is 17.7 Å². The van der Waals surface area contributed by atoms with Gasteiger partial charge in [0.2, 0.25) is 0 Å². The van der Waals surface area contributed by atoms with Crippen molar-refractivity contribution in [2.24, 2.45) is 0 Å². The van der Waals surface area contributed by atoms with Crippen LogP contribution >= 0.6 is 23.2 Å². The molecule has 0 spiro atoms. The molecule has 2 aromatic rings. The number of imidazole rings is 1. The van der Waals surface area contributed by atoms with Crippen molar-refractivity contribution in [1.82, 2.24) is 14.5 Å². The van der Waals surface area contributed by atoms with Crippen molar-refractivity contribution >= 4 is 35.1 Å². The predicted molar refractivity (Wildman–Crippen MR) is 101 cm³/mol. The Kier molecular flexibility index (Phi) is 5.78. The van der Waals surface area contributed by atoms with E-state index in [-0.39, 0.29) is 18.4 Å². The van der Waals surface area contributed by atoms with Gasteiger partial charge in [-0.05, 0) is 58.1 Å². The molecule has 1 aliphatic rings. The molecule has 1 aromatic carbocycles. The Labute approximate surface area is 170 Å². The van der Waals surface area contributed by atoms with Gasteiger partial charge in [0.15, 0.2) is 0 Å². The second-order valence-corrected chi connectivity index (χ2v) is 7.66. The molecule has 0 fully saturated rings. The molecule has 2 heterocycles. The largest absolute Gasteiger partial charge is 0.446 e. The fourth-order valence-electron chi connectivity index (χ4n) is 2.98. The molecule has 0 radical (unpaired) electrons. The number of benzene rings is 1. The molecule has 28 heavy (non-hydrogen) atoms. The van der Waals surface area contributed by atoms with Gasteiger partial charge in [-0.25, -0.2) is 4.79 Å². The van der Waals surface area contributed by atoms with Crippen LogP contribution in [0.15, 0.2) is 24.4 Å². The van der Waals surface area contributed by atoms with E-state index < -0.39 is 22.4 Å². The van der Waals surface area contributed by atoms with Gasteiger partial charge in [0.05, 0.1) is 6.54 Å². The number of aromatic nitrogens is 2. The first-order chi connectivity index (χ1) is 13.1.